The minimum atomic E-state index is -0.266. The van der Waals surface area contributed by atoms with E-state index in [1.165, 1.54) is 46.5 Å². The Hall–Kier alpha value is -4.96. The van der Waals surface area contributed by atoms with Gasteiger partial charge in [0.15, 0.2) is 0 Å². The van der Waals surface area contributed by atoms with Crippen molar-refractivity contribution >= 4 is 45.6 Å². The fraction of sp³-hybridized carbons (Fsp3) is 0.158. The Morgan fingerprint density at radius 2 is 0.952 bits per heavy atom. The van der Waals surface area contributed by atoms with E-state index in [0.717, 1.165) is 33.4 Å². The Balaban J connectivity index is 1.43. The lowest BCUT2D eigenvalue weighted by molar-refractivity contribution is -0.147. The molecule has 206 valence electrons. The molecule has 0 saturated heterocycles. The summed E-state index contributed by atoms with van der Waals surface area (Å²) in [4.78, 5) is 23.4. The summed E-state index contributed by atoms with van der Waals surface area (Å²) >= 11 is 0. The quantitative estimate of drug-likeness (QED) is 0.165. The van der Waals surface area contributed by atoms with Crippen LogP contribution in [0, 0.1) is 0 Å². The molecule has 0 aliphatic heterocycles. The Morgan fingerprint density at radius 1 is 0.571 bits per heavy atom. The minimum absolute atomic E-state index is 0.258. The second kappa shape index (κ2) is 10.5. The molecule has 0 amide bonds. The van der Waals surface area contributed by atoms with Crippen LogP contribution in [-0.2, 0) is 19.1 Å². The zero-order chi connectivity index (χ0) is 28.8. The summed E-state index contributed by atoms with van der Waals surface area (Å²) < 4.78 is 11.2. The van der Waals surface area contributed by atoms with Gasteiger partial charge in [-0.1, -0.05) is 97.1 Å². The third-order valence-electron chi connectivity index (χ3n) is 8.29. The van der Waals surface area contributed by atoms with Crippen LogP contribution in [0.3, 0.4) is 0 Å². The van der Waals surface area contributed by atoms with Gasteiger partial charge in [0.2, 0.25) is 0 Å². The zero-order valence-corrected chi connectivity index (χ0v) is 23.6. The molecule has 0 aromatic heterocycles. The van der Waals surface area contributed by atoms with Gasteiger partial charge in [-0.25, -0.2) is 0 Å². The van der Waals surface area contributed by atoms with Crippen LogP contribution in [0.1, 0.15) is 61.2 Å². The van der Waals surface area contributed by atoms with Gasteiger partial charge in [-0.2, -0.15) is 0 Å². The number of esters is 2. The van der Waals surface area contributed by atoms with Crippen molar-refractivity contribution in [1.82, 2.24) is 0 Å². The van der Waals surface area contributed by atoms with Crippen molar-refractivity contribution in [3.05, 3.63) is 119 Å². The number of hydrogen-bond acceptors (Lipinski definition) is 4. The first-order chi connectivity index (χ1) is 20.5. The van der Waals surface area contributed by atoms with E-state index in [4.69, 9.17) is 9.47 Å². The smallest absolute Gasteiger partial charge is 0.303 e. The van der Waals surface area contributed by atoms with Crippen LogP contribution in [0.5, 0.6) is 0 Å². The fourth-order valence-electron chi connectivity index (χ4n) is 6.60. The number of hydrogen-bond donors (Lipinski definition) is 0. The summed E-state index contributed by atoms with van der Waals surface area (Å²) in [5.41, 5.74) is 8.84. The highest BCUT2D eigenvalue weighted by Crippen LogP contribution is 2.45. The summed E-state index contributed by atoms with van der Waals surface area (Å²) in [6, 6.07) is 30.1. The van der Waals surface area contributed by atoms with Gasteiger partial charge in [0, 0.05) is 37.8 Å². The SMILES string of the molecule is CC(=O)OC1CC=Cc2cc(-c3c4ccccc4c(-c4ccc5c(c4)C=CCC5OC(C)=O)c4ccccc34)ccc21. The number of carbonyl (C=O) groups is 2. The maximum Gasteiger partial charge on any atom is 0.303 e. The van der Waals surface area contributed by atoms with Gasteiger partial charge in [-0.15, -0.1) is 0 Å². The van der Waals surface area contributed by atoms with Gasteiger partial charge in [0.1, 0.15) is 12.2 Å². The fourth-order valence-corrected chi connectivity index (χ4v) is 6.60. The van der Waals surface area contributed by atoms with Gasteiger partial charge in [0.05, 0.1) is 0 Å². The first-order valence-electron chi connectivity index (χ1n) is 14.4. The van der Waals surface area contributed by atoms with Gasteiger partial charge in [-0.05, 0) is 67.1 Å². The highest BCUT2D eigenvalue weighted by atomic mass is 16.5. The summed E-state index contributed by atoms with van der Waals surface area (Å²) in [6.45, 7) is 2.92. The van der Waals surface area contributed by atoms with Crippen LogP contribution < -0.4 is 0 Å². The second-order valence-electron chi connectivity index (χ2n) is 11.0. The van der Waals surface area contributed by atoms with Crippen LogP contribution in [0.4, 0.5) is 0 Å². The lowest BCUT2D eigenvalue weighted by Crippen LogP contribution is -2.11. The van der Waals surface area contributed by atoms with Crippen molar-refractivity contribution in [3.63, 3.8) is 0 Å². The molecule has 2 aliphatic rings. The van der Waals surface area contributed by atoms with Crippen molar-refractivity contribution in [2.24, 2.45) is 0 Å². The average molecular weight is 551 g/mol. The third kappa shape index (κ3) is 4.50. The van der Waals surface area contributed by atoms with Crippen LogP contribution in [0.15, 0.2) is 97.1 Å². The summed E-state index contributed by atoms with van der Waals surface area (Å²) in [6.07, 6.45) is 9.26. The van der Waals surface area contributed by atoms with E-state index in [1.54, 1.807) is 0 Å². The Bertz CT molecular complexity index is 1760. The molecule has 0 fully saturated rings. The van der Waals surface area contributed by atoms with Crippen LogP contribution in [0.2, 0.25) is 0 Å². The first-order valence-corrected chi connectivity index (χ1v) is 14.4. The molecule has 2 atom stereocenters. The maximum atomic E-state index is 11.7. The molecule has 0 saturated carbocycles. The molecule has 5 aromatic carbocycles. The number of ether oxygens (including phenoxy) is 2. The van der Waals surface area contributed by atoms with E-state index in [9.17, 15) is 9.59 Å². The standard InChI is InChI=1S/C38H30O4/c1-23(39)41-35-15-7-9-25-21-27(17-19-29(25)35)37-31-11-3-5-13-33(31)38(34-14-6-4-12-32(34)37)28-18-20-30-26(22-28)10-8-16-36(30)42-24(2)40/h3-14,17-22,35-36H,15-16H2,1-2H3. The summed E-state index contributed by atoms with van der Waals surface area (Å²) in [7, 11) is 0. The normalized spacial score (nSPS) is 17.1. The van der Waals surface area contributed by atoms with E-state index in [-0.39, 0.29) is 24.1 Å². The van der Waals surface area contributed by atoms with E-state index < -0.39 is 0 Å². The van der Waals surface area contributed by atoms with E-state index in [2.05, 4.69) is 109 Å². The Morgan fingerprint density at radius 3 is 1.31 bits per heavy atom. The molecule has 4 heteroatoms. The molecule has 2 aliphatic carbocycles. The van der Waals surface area contributed by atoms with Crippen LogP contribution in [-0.4, -0.2) is 11.9 Å². The van der Waals surface area contributed by atoms with Gasteiger partial charge < -0.3 is 9.47 Å². The highest BCUT2D eigenvalue weighted by molar-refractivity contribution is 6.21. The van der Waals surface area contributed by atoms with Crippen molar-refractivity contribution in [2.45, 2.75) is 38.9 Å². The predicted octanol–water partition coefficient (Wildman–Crippen LogP) is 9.37. The van der Waals surface area contributed by atoms with Gasteiger partial charge >= 0.3 is 11.9 Å². The third-order valence-corrected chi connectivity index (χ3v) is 8.29. The highest BCUT2D eigenvalue weighted by Gasteiger charge is 2.24. The molecule has 0 spiro atoms. The summed E-state index contributed by atoms with van der Waals surface area (Å²) in [5, 5.41) is 4.70. The number of carbonyl (C=O) groups excluding carboxylic acids is 2. The van der Waals surface area contributed by atoms with Crippen LogP contribution >= 0.6 is 0 Å². The molecule has 0 radical (unpaired) electrons. The van der Waals surface area contributed by atoms with Gasteiger partial charge in [-0.3, -0.25) is 9.59 Å². The van der Waals surface area contributed by atoms with Crippen molar-refractivity contribution in [3.8, 4) is 22.3 Å². The molecule has 5 aromatic rings. The number of rotatable bonds is 4. The van der Waals surface area contributed by atoms with Crippen molar-refractivity contribution < 1.29 is 19.1 Å². The second-order valence-corrected chi connectivity index (χ2v) is 11.0. The lowest BCUT2D eigenvalue weighted by Gasteiger charge is -2.24. The van der Waals surface area contributed by atoms with Gasteiger partial charge in [0.25, 0.3) is 0 Å². The molecule has 4 nitrogen and oxygen atoms in total. The number of benzene rings is 5. The topological polar surface area (TPSA) is 52.6 Å². The first kappa shape index (κ1) is 26.0. The molecule has 7 rings (SSSR count). The number of fused-ring (bicyclic) bond motifs is 4. The molecular weight excluding hydrogens is 520 g/mol. The van der Waals surface area contributed by atoms with Crippen LogP contribution in [0.25, 0.3) is 56.0 Å². The monoisotopic (exact) mass is 550 g/mol. The molecule has 2 unspecified atom stereocenters. The molecular formula is C38H30O4. The maximum absolute atomic E-state index is 11.7. The van der Waals surface area contributed by atoms with E-state index in [1.807, 2.05) is 0 Å². The average Bonchev–Trinajstić information content (AvgIpc) is 2.99. The Labute approximate surface area is 244 Å². The van der Waals surface area contributed by atoms with E-state index in [0.29, 0.717) is 12.8 Å². The van der Waals surface area contributed by atoms with E-state index >= 15 is 0 Å². The Kier molecular flexibility index (Phi) is 6.47. The molecule has 0 bridgehead atoms. The predicted molar refractivity (Wildman–Crippen MR) is 169 cm³/mol. The lowest BCUT2D eigenvalue weighted by atomic mass is 9.83. The largest absolute Gasteiger partial charge is 0.457 e. The minimum Gasteiger partial charge on any atom is -0.457 e. The molecule has 0 N–H and O–H groups in total. The van der Waals surface area contributed by atoms with Crippen molar-refractivity contribution in [2.75, 3.05) is 0 Å². The molecule has 0 heterocycles. The zero-order valence-electron chi connectivity index (χ0n) is 23.6. The van der Waals surface area contributed by atoms with Crippen molar-refractivity contribution in [1.29, 1.82) is 0 Å². The molecule has 42 heavy (non-hydrogen) atoms. The summed E-state index contributed by atoms with van der Waals surface area (Å²) in [5.74, 6) is -0.532.